The van der Waals surface area contributed by atoms with Crippen LogP contribution in [0.25, 0.3) is 10.9 Å². The maximum Gasteiger partial charge on any atom is 0.252 e. The molecule has 0 saturated carbocycles. The number of carbonyl (C=O) groups excluding carboxylic acids is 1. The molecule has 4 nitrogen and oxygen atoms in total. The number of aliphatic hydroxyl groups is 1. The van der Waals surface area contributed by atoms with Gasteiger partial charge >= 0.3 is 0 Å². The van der Waals surface area contributed by atoms with Gasteiger partial charge in [-0.1, -0.05) is 43.6 Å². The highest BCUT2D eigenvalue weighted by molar-refractivity contribution is 6.30. The molecule has 0 bridgehead atoms. The van der Waals surface area contributed by atoms with E-state index in [0.717, 1.165) is 5.39 Å². The second-order valence-corrected chi connectivity index (χ2v) is 5.50. The Kier molecular flexibility index (Phi) is 4.80. The molecule has 21 heavy (non-hydrogen) atoms. The van der Waals surface area contributed by atoms with Crippen LogP contribution in [-0.2, 0) is 0 Å². The monoisotopic (exact) mass is 306 g/mol. The number of hydrogen-bond acceptors (Lipinski definition) is 3. The molecular weight excluding hydrogens is 288 g/mol. The summed E-state index contributed by atoms with van der Waals surface area (Å²) in [5.41, 5.74) is 0.552. The Balaban J connectivity index is 2.44. The number of amides is 1. The molecule has 2 rings (SSSR count). The van der Waals surface area contributed by atoms with Gasteiger partial charge in [-0.25, -0.2) is 4.98 Å². The quantitative estimate of drug-likeness (QED) is 0.834. The van der Waals surface area contributed by atoms with Gasteiger partial charge in [0, 0.05) is 5.39 Å². The fourth-order valence-corrected chi connectivity index (χ4v) is 2.53. The number of halogens is 1. The van der Waals surface area contributed by atoms with E-state index >= 15 is 0 Å². The molecule has 1 aromatic heterocycles. The summed E-state index contributed by atoms with van der Waals surface area (Å²) in [7, 11) is 0. The predicted molar refractivity (Wildman–Crippen MR) is 84.6 cm³/mol. The van der Waals surface area contributed by atoms with Crippen molar-refractivity contribution in [3.8, 4) is 0 Å². The Hall–Kier alpha value is -1.65. The number of pyridine rings is 1. The summed E-state index contributed by atoms with van der Waals surface area (Å²) >= 11 is 6.00. The highest BCUT2D eigenvalue weighted by atomic mass is 35.5. The Morgan fingerprint density at radius 3 is 2.62 bits per heavy atom. The summed E-state index contributed by atoms with van der Waals surface area (Å²) in [5.74, 6) is -0.242. The maximum absolute atomic E-state index is 12.6. The van der Waals surface area contributed by atoms with Crippen molar-refractivity contribution >= 4 is 28.4 Å². The third-order valence-electron chi connectivity index (χ3n) is 3.96. The van der Waals surface area contributed by atoms with Gasteiger partial charge < -0.3 is 10.4 Å². The molecule has 2 N–H and O–H groups in total. The molecule has 112 valence electrons. The number of carbonyl (C=O) groups is 1. The summed E-state index contributed by atoms with van der Waals surface area (Å²) in [6.07, 6.45) is 1.31. The van der Waals surface area contributed by atoms with Crippen LogP contribution in [0, 0.1) is 0 Å². The van der Waals surface area contributed by atoms with Crippen molar-refractivity contribution in [2.24, 2.45) is 0 Å². The molecule has 2 aromatic rings. The van der Waals surface area contributed by atoms with Gasteiger partial charge in [0.15, 0.2) is 0 Å². The van der Waals surface area contributed by atoms with Gasteiger partial charge in [0.1, 0.15) is 5.15 Å². The Morgan fingerprint density at radius 2 is 2.00 bits per heavy atom. The largest absolute Gasteiger partial charge is 0.394 e. The molecule has 0 fully saturated rings. The molecule has 0 unspecified atom stereocenters. The number of nitrogens with zero attached hydrogens (tertiary/aromatic N) is 1. The van der Waals surface area contributed by atoms with Gasteiger partial charge in [0.05, 0.1) is 23.2 Å². The van der Waals surface area contributed by atoms with E-state index in [-0.39, 0.29) is 17.7 Å². The van der Waals surface area contributed by atoms with E-state index in [4.69, 9.17) is 11.6 Å². The second-order valence-electron chi connectivity index (χ2n) is 5.11. The van der Waals surface area contributed by atoms with Gasteiger partial charge in [-0.3, -0.25) is 4.79 Å². The maximum atomic E-state index is 12.6. The number of fused-ring (bicyclic) bond motifs is 1. The van der Waals surface area contributed by atoms with Gasteiger partial charge in [-0.15, -0.1) is 0 Å². The van der Waals surface area contributed by atoms with Crippen LogP contribution in [-0.4, -0.2) is 28.1 Å². The molecule has 0 radical (unpaired) electrons. The lowest BCUT2D eigenvalue weighted by molar-refractivity contribution is 0.0819. The molecule has 1 heterocycles. The van der Waals surface area contributed by atoms with Gasteiger partial charge in [-0.2, -0.15) is 0 Å². The Labute approximate surface area is 129 Å². The lowest BCUT2D eigenvalue weighted by Crippen LogP contribution is -2.50. The SMILES string of the molecule is CCC(CC)(CO)NC(=O)c1cc(Cl)nc2ccccc12. The first kappa shape index (κ1) is 15.7. The minimum Gasteiger partial charge on any atom is -0.394 e. The molecule has 1 amide bonds. The van der Waals surface area contributed by atoms with Crippen LogP contribution in [0.15, 0.2) is 30.3 Å². The van der Waals surface area contributed by atoms with Gasteiger partial charge in [-0.05, 0) is 25.0 Å². The number of nitrogens with one attached hydrogen (secondary N) is 1. The smallest absolute Gasteiger partial charge is 0.252 e. The highest BCUT2D eigenvalue weighted by Gasteiger charge is 2.28. The van der Waals surface area contributed by atoms with E-state index < -0.39 is 5.54 Å². The normalized spacial score (nSPS) is 11.6. The summed E-state index contributed by atoms with van der Waals surface area (Å²) < 4.78 is 0. The zero-order valence-electron chi connectivity index (χ0n) is 12.2. The summed E-state index contributed by atoms with van der Waals surface area (Å²) in [6.45, 7) is 3.79. The molecule has 0 aliphatic carbocycles. The van der Waals surface area contributed by atoms with Crippen LogP contribution in [0.5, 0.6) is 0 Å². The number of hydrogen-bond donors (Lipinski definition) is 2. The van der Waals surface area contributed by atoms with Crippen LogP contribution in [0.1, 0.15) is 37.0 Å². The number of benzene rings is 1. The van der Waals surface area contributed by atoms with Crippen LogP contribution in [0.4, 0.5) is 0 Å². The zero-order chi connectivity index (χ0) is 15.5. The van der Waals surface area contributed by atoms with Crippen molar-refractivity contribution in [2.45, 2.75) is 32.2 Å². The molecule has 0 saturated heterocycles. The van der Waals surface area contributed by atoms with Crippen molar-refractivity contribution in [3.63, 3.8) is 0 Å². The number of aromatic nitrogens is 1. The molecule has 5 heteroatoms. The summed E-state index contributed by atoms with van der Waals surface area (Å²) in [4.78, 5) is 16.8. The van der Waals surface area contributed by atoms with Crippen molar-refractivity contribution in [1.29, 1.82) is 0 Å². The molecule has 0 aliphatic rings. The lowest BCUT2D eigenvalue weighted by Gasteiger charge is -2.30. The first-order valence-corrected chi connectivity index (χ1v) is 7.41. The fraction of sp³-hybridized carbons (Fsp3) is 0.375. The zero-order valence-corrected chi connectivity index (χ0v) is 12.9. The minimum atomic E-state index is -0.603. The second kappa shape index (κ2) is 6.41. The van der Waals surface area contributed by atoms with E-state index in [1.165, 1.54) is 0 Å². The molecular formula is C16H19ClN2O2. The third-order valence-corrected chi connectivity index (χ3v) is 4.16. The van der Waals surface area contributed by atoms with Crippen molar-refractivity contribution in [2.75, 3.05) is 6.61 Å². The molecule has 0 aliphatic heterocycles. The topological polar surface area (TPSA) is 62.2 Å². The van der Waals surface area contributed by atoms with E-state index in [1.54, 1.807) is 6.07 Å². The van der Waals surface area contributed by atoms with Gasteiger partial charge in [0.25, 0.3) is 5.91 Å². The lowest BCUT2D eigenvalue weighted by atomic mass is 9.93. The predicted octanol–water partition coefficient (Wildman–Crippen LogP) is 3.17. The summed E-state index contributed by atoms with van der Waals surface area (Å²) in [5, 5.41) is 13.6. The van der Waals surface area contributed by atoms with E-state index in [0.29, 0.717) is 23.9 Å². The van der Waals surface area contributed by atoms with Crippen LogP contribution in [0.2, 0.25) is 5.15 Å². The third kappa shape index (κ3) is 3.17. The summed E-state index contributed by atoms with van der Waals surface area (Å²) in [6, 6.07) is 8.92. The van der Waals surface area contributed by atoms with Crippen LogP contribution in [0.3, 0.4) is 0 Å². The first-order chi connectivity index (χ1) is 10.0. The fourth-order valence-electron chi connectivity index (χ4n) is 2.33. The minimum absolute atomic E-state index is 0.0948. The number of rotatable bonds is 5. The van der Waals surface area contributed by atoms with Gasteiger partial charge in [0.2, 0.25) is 0 Å². The first-order valence-electron chi connectivity index (χ1n) is 7.04. The van der Waals surface area contributed by atoms with Crippen LogP contribution < -0.4 is 5.32 Å². The Morgan fingerprint density at radius 1 is 1.33 bits per heavy atom. The number of aliphatic hydroxyl groups excluding tert-OH is 1. The molecule has 0 atom stereocenters. The highest BCUT2D eigenvalue weighted by Crippen LogP contribution is 2.22. The average molecular weight is 307 g/mol. The van der Waals surface area contributed by atoms with Crippen molar-refractivity contribution < 1.29 is 9.90 Å². The molecule has 1 aromatic carbocycles. The van der Waals surface area contributed by atoms with E-state index in [1.807, 2.05) is 38.1 Å². The van der Waals surface area contributed by atoms with Crippen LogP contribution >= 0.6 is 11.6 Å². The Bertz CT molecular complexity index is 646. The van der Waals surface area contributed by atoms with E-state index in [9.17, 15) is 9.90 Å². The van der Waals surface area contributed by atoms with Crippen molar-refractivity contribution in [1.82, 2.24) is 10.3 Å². The standard InChI is InChI=1S/C16H19ClN2O2/c1-3-16(4-2,10-20)19-15(21)12-9-14(17)18-13-8-6-5-7-11(12)13/h5-9,20H,3-4,10H2,1-2H3,(H,19,21). The van der Waals surface area contributed by atoms with Crippen molar-refractivity contribution in [3.05, 3.63) is 41.0 Å². The van der Waals surface area contributed by atoms with E-state index in [2.05, 4.69) is 10.3 Å². The number of para-hydroxylation sites is 1. The molecule has 0 spiro atoms. The average Bonchev–Trinajstić information content (AvgIpc) is 2.51.